The van der Waals surface area contributed by atoms with Gasteiger partial charge in [0.05, 0.1) is 25.0 Å². The molecule has 0 bridgehead atoms. The minimum absolute atomic E-state index is 0.0375. The number of carbonyl (C=O) groups excluding carboxylic acids is 8. The van der Waals surface area contributed by atoms with Crippen molar-refractivity contribution in [3.8, 4) is 0 Å². The number of aliphatic carboxylic acids is 1. The van der Waals surface area contributed by atoms with E-state index in [2.05, 4.69) is 52.2 Å². The van der Waals surface area contributed by atoms with E-state index in [1.807, 2.05) is 0 Å². The fourth-order valence-corrected chi connectivity index (χ4v) is 7.30. The van der Waals surface area contributed by atoms with Crippen LogP contribution < -0.4 is 71.6 Å². The summed E-state index contributed by atoms with van der Waals surface area (Å²) in [5, 5.41) is 47.0. The molecule has 29 heteroatoms. The molecule has 2 heterocycles. The molecule has 0 spiro atoms. The van der Waals surface area contributed by atoms with Gasteiger partial charge in [0.25, 0.3) is 0 Å². The molecule has 72 heavy (non-hydrogen) atoms. The molecule has 1 fully saturated rings. The summed E-state index contributed by atoms with van der Waals surface area (Å²) in [6.07, 6.45) is 5.10. The maximum atomic E-state index is 14.1. The van der Waals surface area contributed by atoms with E-state index in [4.69, 9.17) is 34.4 Å². The lowest BCUT2D eigenvalue weighted by molar-refractivity contribution is -0.142. The van der Waals surface area contributed by atoms with Gasteiger partial charge < -0.3 is 96.8 Å². The van der Waals surface area contributed by atoms with E-state index in [0.29, 0.717) is 44.3 Å². The number of nitrogens with zero attached hydrogens (tertiary/aromatic N) is 3. The van der Waals surface area contributed by atoms with Crippen LogP contribution in [-0.2, 0) is 49.6 Å². The lowest BCUT2D eigenvalue weighted by Crippen LogP contribution is -2.60. The second kappa shape index (κ2) is 33.0. The van der Waals surface area contributed by atoms with Crippen molar-refractivity contribution in [2.24, 2.45) is 39.4 Å². The number of carboxylic acid groups (broad SMARTS) is 1. The van der Waals surface area contributed by atoms with Gasteiger partial charge in [-0.1, -0.05) is 12.5 Å². The van der Waals surface area contributed by atoms with E-state index in [0.717, 1.165) is 0 Å². The zero-order valence-corrected chi connectivity index (χ0v) is 40.6. The zero-order chi connectivity index (χ0) is 53.8. The summed E-state index contributed by atoms with van der Waals surface area (Å²) < 4.78 is 0. The number of aromatic nitrogens is 2. The zero-order valence-electron chi connectivity index (χ0n) is 40.6. The molecule has 1 aliphatic rings. The van der Waals surface area contributed by atoms with E-state index in [9.17, 15) is 58.5 Å². The van der Waals surface area contributed by atoms with E-state index in [1.165, 1.54) is 30.4 Å². The number of H-pyrrole nitrogens is 1. The summed E-state index contributed by atoms with van der Waals surface area (Å²) in [5.74, 6) is -8.20. The van der Waals surface area contributed by atoms with Crippen LogP contribution in [0.15, 0.2) is 29.3 Å². The Morgan fingerprint density at radius 1 is 0.847 bits per heavy atom. The van der Waals surface area contributed by atoms with Crippen molar-refractivity contribution in [3.05, 3.63) is 30.0 Å². The molecule has 404 valence electrons. The van der Waals surface area contributed by atoms with Crippen molar-refractivity contribution in [2.75, 3.05) is 45.9 Å². The van der Waals surface area contributed by atoms with Gasteiger partial charge in [-0.3, -0.25) is 43.3 Å². The smallest absolute Gasteiger partial charge is 0.352 e. The Bertz CT molecular complexity index is 2000. The quantitative estimate of drug-likeness (QED) is 0.0132. The Morgan fingerprint density at radius 3 is 2.14 bits per heavy atom. The van der Waals surface area contributed by atoms with Crippen molar-refractivity contribution in [1.29, 1.82) is 0 Å². The first-order valence-corrected chi connectivity index (χ1v) is 23.8. The van der Waals surface area contributed by atoms with Crippen LogP contribution in [0.25, 0.3) is 0 Å². The molecule has 2 rings (SSSR count). The van der Waals surface area contributed by atoms with Crippen molar-refractivity contribution in [3.63, 3.8) is 0 Å². The standard InChI is InChI=1S/C43H75N17O12/c1-24(54-40(69)34(32(62)20-46)59-36(65)26(47)9-2-4-14-44)35(64)52-22-33(63)55-28(12-8-18-61)41(70)60-17-7-13-31(60)39(68)58-30(19-25-21-50-23-53-25)38(67)56-27(10-3-5-15-45)37(66)57-29(42(71)72)11-6-16-51-43(48)49/h11,21,23-24,26-28,30-32,34,61-62H,2-10,12-20,22,44-47H2,1H3,(H,50,53)(H,52,64)(H,54,69)(H,55,63)(H,56,67)(H,57,66)(H,58,68)(H,59,65)(H,71,72)(H4,48,49,51)/b29-11-/t24-,26-,27-,28+,30-,31-,32-,34-/m0/s1. The summed E-state index contributed by atoms with van der Waals surface area (Å²) >= 11 is 0. The number of aliphatic imine (C=N–C) groups is 1. The average molecular weight is 1020 g/mol. The monoisotopic (exact) mass is 1020 g/mol. The van der Waals surface area contributed by atoms with Gasteiger partial charge in [0, 0.05) is 44.6 Å². The minimum Gasteiger partial charge on any atom is -0.477 e. The predicted octanol–water partition coefficient (Wildman–Crippen LogP) is -7.07. The molecular weight excluding hydrogens is 947 g/mol. The van der Waals surface area contributed by atoms with Gasteiger partial charge >= 0.3 is 5.97 Å². The second-order valence-corrected chi connectivity index (χ2v) is 17.0. The highest BCUT2D eigenvalue weighted by Gasteiger charge is 2.40. The fourth-order valence-electron chi connectivity index (χ4n) is 7.30. The number of nitrogens with two attached hydrogens (primary N) is 6. The Kier molecular flexibility index (Phi) is 28.1. The molecule has 1 aromatic rings. The van der Waals surface area contributed by atoms with Crippen LogP contribution >= 0.6 is 0 Å². The number of carboxylic acids is 1. The molecule has 0 radical (unpaired) electrons. The maximum Gasteiger partial charge on any atom is 0.352 e. The number of likely N-dealkylation sites (tertiary alicyclic amines) is 1. The number of aliphatic hydroxyl groups is 2. The summed E-state index contributed by atoms with van der Waals surface area (Å²) in [6, 6.07) is -8.97. The Labute approximate surface area is 416 Å². The number of hydrogen-bond acceptors (Lipinski definition) is 17. The lowest BCUT2D eigenvalue weighted by Gasteiger charge is -2.30. The predicted molar refractivity (Wildman–Crippen MR) is 260 cm³/mol. The Hall–Kier alpha value is -6.79. The van der Waals surface area contributed by atoms with E-state index in [-0.39, 0.29) is 77.1 Å². The third kappa shape index (κ3) is 21.7. The van der Waals surface area contributed by atoms with Crippen LogP contribution in [0.1, 0.15) is 83.2 Å². The number of amides is 8. The van der Waals surface area contributed by atoms with Crippen molar-refractivity contribution in [1.82, 2.24) is 52.1 Å². The van der Waals surface area contributed by atoms with Crippen molar-refractivity contribution in [2.45, 2.75) is 132 Å². The molecular formula is C43H75N17O12. The van der Waals surface area contributed by atoms with Crippen LogP contribution in [0.3, 0.4) is 0 Å². The highest BCUT2D eigenvalue weighted by molar-refractivity contribution is 5.99. The van der Waals surface area contributed by atoms with Gasteiger partial charge in [-0.05, 0) is 84.2 Å². The second-order valence-electron chi connectivity index (χ2n) is 17.0. The number of aromatic amines is 1. The largest absolute Gasteiger partial charge is 0.477 e. The normalized spacial score (nSPS) is 16.3. The highest BCUT2D eigenvalue weighted by Crippen LogP contribution is 2.20. The molecule has 29 nitrogen and oxygen atoms in total. The number of imidazole rings is 1. The minimum atomic E-state index is -1.57. The summed E-state index contributed by atoms with van der Waals surface area (Å²) in [5.41, 5.74) is 33.2. The molecule has 0 aromatic carbocycles. The Balaban J connectivity index is 2.20. The Morgan fingerprint density at radius 2 is 1.53 bits per heavy atom. The molecule has 0 unspecified atom stereocenters. The number of rotatable bonds is 34. The first-order valence-electron chi connectivity index (χ1n) is 23.8. The number of guanidine groups is 1. The first kappa shape index (κ1) is 61.3. The summed E-state index contributed by atoms with van der Waals surface area (Å²) in [7, 11) is 0. The lowest BCUT2D eigenvalue weighted by atomic mass is 10.1. The topological polar surface area (TPSA) is 499 Å². The molecule has 1 aromatic heterocycles. The van der Waals surface area contributed by atoms with Gasteiger partial charge in [0.15, 0.2) is 5.96 Å². The summed E-state index contributed by atoms with van der Waals surface area (Å²) in [4.78, 5) is 131. The summed E-state index contributed by atoms with van der Waals surface area (Å²) in [6.45, 7) is 0.587. The molecule has 8 atom stereocenters. The number of hydrogen-bond donors (Lipinski definition) is 17. The number of nitrogens with one attached hydrogen (secondary N) is 8. The number of aliphatic hydroxyl groups excluding tert-OH is 2. The van der Waals surface area contributed by atoms with Crippen molar-refractivity contribution < 1.29 is 58.5 Å². The molecule has 23 N–H and O–H groups in total. The number of unbranched alkanes of at least 4 members (excludes halogenated alkanes) is 2. The average Bonchev–Trinajstić information content (AvgIpc) is 4.06. The molecule has 1 aliphatic heterocycles. The van der Waals surface area contributed by atoms with E-state index < -0.39 is 120 Å². The van der Waals surface area contributed by atoms with Crippen LogP contribution in [0.2, 0.25) is 0 Å². The van der Waals surface area contributed by atoms with Crippen LogP contribution in [-0.4, -0.2) is 184 Å². The van der Waals surface area contributed by atoms with Gasteiger partial charge in [-0.25, -0.2) is 9.78 Å². The SMILES string of the molecule is C[C@H](NC(=O)[C@@H](NC(=O)[C@@H](N)CCCCN)[C@@H](O)CN)C(=O)NCC(=O)N[C@H](CCCO)C(=O)N1CCC[C@H]1C(=O)N[C@@H](Cc1cnc[nH]1)C(=O)N[C@@H](CCCCN)C(=O)N/C(=C\CCN=C(N)N)C(=O)O. The van der Waals surface area contributed by atoms with Gasteiger partial charge in [0.2, 0.25) is 47.3 Å². The third-order valence-electron chi connectivity index (χ3n) is 11.3. The van der Waals surface area contributed by atoms with Crippen LogP contribution in [0, 0.1) is 0 Å². The first-order chi connectivity index (χ1) is 34.3. The van der Waals surface area contributed by atoms with E-state index in [1.54, 1.807) is 0 Å². The van der Waals surface area contributed by atoms with Crippen LogP contribution in [0.4, 0.5) is 0 Å². The highest BCUT2D eigenvalue weighted by atomic mass is 16.4. The molecule has 0 saturated carbocycles. The van der Waals surface area contributed by atoms with Gasteiger partial charge in [-0.15, -0.1) is 0 Å². The van der Waals surface area contributed by atoms with Gasteiger partial charge in [0.1, 0.15) is 41.9 Å². The fraction of sp³-hybridized carbons (Fsp3) is 0.651. The van der Waals surface area contributed by atoms with Gasteiger partial charge in [-0.2, -0.15) is 0 Å². The maximum absolute atomic E-state index is 14.1. The van der Waals surface area contributed by atoms with E-state index >= 15 is 0 Å². The molecule has 8 amide bonds. The van der Waals surface area contributed by atoms with Crippen LogP contribution in [0.5, 0.6) is 0 Å². The number of carbonyl (C=O) groups is 9. The third-order valence-corrected chi connectivity index (χ3v) is 11.3. The molecule has 1 saturated heterocycles. The molecule has 0 aliphatic carbocycles. The van der Waals surface area contributed by atoms with Crippen molar-refractivity contribution >= 4 is 59.2 Å².